The number of aliphatic hydroxyl groups excluding tert-OH is 1. The molecular formula is C28H40AcN3O5-. The molecule has 2 unspecified atom stereocenters. The Hall–Kier alpha value is -1.21. The van der Waals surface area contributed by atoms with Gasteiger partial charge in [-0.15, -0.1) is 13.1 Å². The predicted octanol–water partition coefficient (Wildman–Crippen LogP) is 2.82. The number of ether oxygens (including phenoxy) is 3. The molecule has 2 aromatic carbocycles. The van der Waals surface area contributed by atoms with Crippen LogP contribution in [-0.2, 0) is 22.4 Å². The Labute approximate surface area is 257 Å². The summed E-state index contributed by atoms with van der Waals surface area (Å²) in [4.78, 5) is 15.2. The summed E-state index contributed by atoms with van der Waals surface area (Å²) >= 11 is 0. The van der Waals surface area contributed by atoms with E-state index in [-0.39, 0.29) is 56.0 Å². The summed E-state index contributed by atoms with van der Waals surface area (Å²) in [6.07, 6.45) is 1.49. The van der Waals surface area contributed by atoms with Gasteiger partial charge in [-0.1, -0.05) is 24.3 Å². The molecule has 1 amide bonds. The van der Waals surface area contributed by atoms with E-state index in [0.717, 1.165) is 55.3 Å². The van der Waals surface area contributed by atoms with E-state index in [1.807, 2.05) is 48.5 Å². The summed E-state index contributed by atoms with van der Waals surface area (Å²) in [5, 5.41) is 18.5. The molecule has 0 saturated carbocycles. The first kappa shape index (κ1) is 32.0. The van der Waals surface area contributed by atoms with Crippen LogP contribution in [-0.4, -0.2) is 88.2 Å². The summed E-state index contributed by atoms with van der Waals surface area (Å²) in [5.74, 6) is 1.50. The van der Waals surface area contributed by atoms with Crippen LogP contribution in [0.15, 0.2) is 48.5 Å². The Balaban J connectivity index is 0.00000481. The molecule has 8 nitrogen and oxygen atoms in total. The van der Waals surface area contributed by atoms with Crippen molar-refractivity contribution in [3.05, 3.63) is 65.0 Å². The monoisotopic (exact) mass is 725 g/mol. The van der Waals surface area contributed by atoms with Crippen LogP contribution in [0.1, 0.15) is 24.0 Å². The van der Waals surface area contributed by atoms with Crippen molar-refractivity contribution in [2.45, 2.75) is 37.8 Å². The molecule has 2 atom stereocenters. The fraction of sp³-hybridized carbons (Fsp3) is 0.536. The molecule has 0 aromatic heterocycles. The largest absolute Gasteiger partial charge is 0.660 e. The summed E-state index contributed by atoms with van der Waals surface area (Å²) in [5.41, 5.74) is 2.10. The van der Waals surface area contributed by atoms with Crippen LogP contribution in [0, 0.1) is 44.1 Å². The Bertz CT molecular complexity index is 892. The molecule has 9 heteroatoms. The van der Waals surface area contributed by atoms with E-state index in [1.54, 1.807) is 14.2 Å². The molecule has 2 aromatic rings. The van der Waals surface area contributed by atoms with E-state index < -0.39 is 6.10 Å². The van der Waals surface area contributed by atoms with Gasteiger partial charge in [-0.25, -0.2) is 0 Å². The fourth-order valence-electron chi connectivity index (χ4n) is 4.22. The first-order chi connectivity index (χ1) is 17.6. The van der Waals surface area contributed by atoms with Crippen LogP contribution in [0.25, 0.3) is 5.32 Å². The van der Waals surface area contributed by atoms with E-state index in [2.05, 4.69) is 15.5 Å². The number of hydrogen-bond acceptors (Lipinski definition) is 6. The van der Waals surface area contributed by atoms with Crippen LogP contribution >= 0.6 is 0 Å². The Morgan fingerprint density at radius 1 is 1.00 bits per heavy atom. The SMILES string of the molecule is COCCOc1ccc(CCC(=O)NC(Cc2ccc(OC)cc2)C(O)CCN2CC[N-]CC2)cc1.[Ac]. The van der Waals surface area contributed by atoms with Crippen LogP contribution < -0.4 is 14.8 Å². The van der Waals surface area contributed by atoms with Gasteiger partial charge in [-0.3, -0.25) is 4.79 Å². The number of nitrogens with one attached hydrogen (secondary N) is 1. The van der Waals surface area contributed by atoms with Crippen molar-refractivity contribution in [1.82, 2.24) is 10.2 Å². The number of amides is 1. The van der Waals surface area contributed by atoms with E-state index in [4.69, 9.17) is 14.2 Å². The van der Waals surface area contributed by atoms with Gasteiger partial charge >= 0.3 is 0 Å². The second-order valence-electron chi connectivity index (χ2n) is 9.08. The standard InChI is InChI=1S/C28H40N3O5.Ac/c1-34-19-20-36-25-10-3-22(4-11-25)7-12-28(33)30-26(21-23-5-8-24(35-2)9-6-23)27(32)13-16-31-17-14-29-15-18-31;/h3-6,8-11,26-27,32H,7,12-21H2,1-2H3,(H,30,33);/q-1;. The average molecular weight is 726 g/mol. The summed E-state index contributed by atoms with van der Waals surface area (Å²) in [7, 11) is 3.28. The smallest absolute Gasteiger partial charge is 0.220 e. The number of methoxy groups -OCH3 is 2. The van der Waals surface area contributed by atoms with Crippen molar-refractivity contribution in [1.29, 1.82) is 0 Å². The number of aliphatic hydroxyl groups is 1. The zero-order valence-corrected chi connectivity index (χ0v) is 26.8. The quantitative estimate of drug-likeness (QED) is 0.275. The zero-order valence-electron chi connectivity index (χ0n) is 22.1. The Morgan fingerprint density at radius 2 is 1.65 bits per heavy atom. The molecule has 0 aliphatic carbocycles. The molecule has 37 heavy (non-hydrogen) atoms. The van der Waals surface area contributed by atoms with Gasteiger partial charge in [-0.05, 0) is 67.7 Å². The molecule has 1 radical (unpaired) electrons. The van der Waals surface area contributed by atoms with Crippen molar-refractivity contribution in [2.75, 3.05) is 60.2 Å². The maximum Gasteiger partial charge on any atom is 0.220 e. The van der Waals surface area contributed by atoms with E-state index in [1.165, 1.54) is 0 Å². The van der Waals surface area contributed by atoms with E-state index in [9.17, 15) is 9.90 Å². The second kappa shape index (κ2) is 18.1. The van der Waals surface area contributed by atoms with Crippen molar-refractivity contribution in [3.8, 4) is 11.5 Å². The normalized spacial score (nSPS) is 15.3. The molecule has 1 aliphatic heterocycles. The predicted molar refractivity (Wildman–Crippen MR) is 141 cm³/mol. The third kappa shape index (κ3) is 12.0. The number of nitrogens with zero attached hydrogens (tertiary/aromatic N) is 2. The number of carbonyl (C=O) groups excluding carboxylic acids is 1. The number of benzene rings is 2. The number of hydrogen-bond donors (Lipinski definition) is 2. The van der Waals surface area contributed by atoms with E-state index >= 15 is 0 Å². The second-order valence-corrected chi connectivity index (χ2v) is 9.08. The number of carbonyl (C=O) groups is 1. The van der Waals surface area contributed by atoms with Gasteiger partial charge in [0.1, 0.15) is 18.1 Å². The molecule has 1 fully saturated rings. The van der Waals surface area contributed by atoms with Crippen LogP contribution in [0.3, 0.4) is 0 Å². The summed E-state index contributed by atoms with van der Waals surface area (Å²) in [6.45, 7) is 5.40. The molecule has 1 heterocycles. The number of aryl methyl sites for hydroxylation is 1. The van der Waals surface area contributed by atoms with Crippen molar-refractivity contribution in [3.63, 3.8) is 0 Å². The molecule has 0 spiro atoms. The fourth-order valence-corrected chi connectivity index (χ4v) is 4.22. The Kier molecular flexibility index (Phi) is 15.7. The first-order valence-electron chi connectivity index (χ1n) is 12.7. The molecule has 0 bridgehead atoms. The molecule has 1 aliphatic rings. The van der Waals surface area contributed by atoms with Crippen molar-refractivity contribution < 1.29 is 68.2 Å². The minimum Gasteiger partial charge on any atom is -0.660 e. The van der Waals surface area contributed by atoms with Gasteiger partial charge in [-0.2, -0.15) is 0 Å². The summed E-state index contributed by atoms with van der Waals surface area (Å²) < 4.78 is 15.8. The topological polar surface area (TPSA) is 94.4 Å². The molecule has 201 valence electrons. The van der Waals surface area contributed by atoms with Crippen molar-refractivity contribution >= 4 is 5.91 Å². The molecule has 1 saturated heterocycles. The van der Waals surface area contributed by atoms with Gasteiger partial charge in [0.25, 0.3) is 0 Å². The molecule has 2 N–H and O–H groups in total. The van der Waals surface area contributed by atoms with Crippen LogP contribution in [0.5, 0.6) is 11.5 Å². The van der Waals surface area contributed by atoms with E-state index in [0.29, 0.717) is 38.9 Å². The van der Waals surface area contributed by atoms with Crippen LogP contribution in [0.2, 0.25) is 0 Å². The van der Waals surface area contributed by atoms with Crippen molar-refractivity contribution in [2.24, 2.45) is 0 Å². The first-order valence-corrected chi connectivity index (χ1v) is 12.7. The number of rotatable bonds is 15. The van der Waals surface area contributed by atoms with Crippen LogP contribution in [0.4, 0.5) is 0 Å². The van der Waals surface area contributed by atoms with Gasteiger partial charge in [0.15, 0.2) is 0 Å². The third-order valence-electron chi connectivity index (χ3n) is 6.44. The van der Waals surface area contributed by atoms with Gasteiger partial charge in [0, 0.05) is 64.1 Å². The number of piperazine rings is 1. The summed E-state index contributed by atoms with van der Waals surface area (Å²) in [6, 6.07) is 15.2. The van der Waals surface area contributed by atoms with Gasteiger partial charge in [0.05, 0.1) is 25.9 Å². The maximum absolute atomic E-state index is 12.9. The minimum atomic E-state index is -0.640. The Morgan fingerprint density at radius 3 is 2.30 bits per heavy atom. The minimum absolute atomic E-state index is 0. The third-order valence-corrected chi connectivity index (χ3v) is 6.44. The van der Waals surface area contributed by atoms with Gasteiger partial charge in [0.2, 0.25) is 5.91 Å². The zero-order chi connectivity index (χ0) is 25.6. The average Bonchev–Trinajstić information content (AvgIpc) is 2.92. The maximum atomic E-state index is 12.9. The molecule has 3 rings (SSSR count). The van der Waals surface area contributed by atoms with Gasteiger partial charge < -0.3 is 34.9 Å². The molecular weight excluding hydrogens is 685 g/mol.